The number of hydrazone groups is 1. The van der Waals surface area contributed by atoms with Crippen molar-refractivity contribution in [1.29, 1.82) is 0 Å². The van der Waals surface area contributed by atoms with E-state index in [9.17, 15) is 4.79 Å². The number of hydrogen-bond acceptors (Lipinski definition) is 4. The molecule has 0 bridgehead atoms. The van der Waals surface area contributed by atoms with Crippen molar-refractivity contribution in [3.63, 3.8) is 0 Å². The maximum Gasteiger partial charge on any atom is 0.274 e. The van der Waals surface area contributed by atoms with E-state index in [4.69, 9.17) is 14.6 Å². The van der Waals surface area contributed by atoms with Gasteiger partial charge >= 0.3 is 0 Å². The van der Waals surface area contributed by atoms with E-state index in [2.05, 4.69) is 15.9 Å². The van der Waals surface area contributed by atoms with E-state index >= 15 is 0 Å². The summed E-state index contributed by atoms with van der Waals surface area (Å²) < 4.78 is 11.8. The molecule has 0 radical (unpaired) electrons. The standard InChI is InChI=1S/C24H21BrN2O3/c1-29-19-10-6-8-17(14-19)24(28)27-22(20-11-3-4-12-23(20)30-2)15-21(26-27)16-7-5-9-18(25)13-16/h3-14,22H,15H2,1-2H3. The number of hydrogen-bond donors (Lipinski definition) is 0. The van der Waals surface area contributed by atoms with Gasteiger partial charge in [0.1, 0.15) is 11.5 Å². The Morgan fingerprint density at radius 1 is 1.00 bits per heavy atom. The lowest BCUT2D eigenvalue weighted by Gasteiger charge is -2.23. The van der Waals surface area contributed by atoms with Crippen LogP contribution in [0.1, 0.15) is 33.9 Å². The Morgan fingerprint density at radius 3 is 2.57 bits per heavy atom. The number of rotatable bonds is 5. The van der Waals surface area contributed by atoms with E-state index in [1.807, 2.05) is 54.6 Å². The third kappa shape index (κ3) is 3.96. The van der Waals surface area contributed by atoms with Crippen molar-refractivity contribution in [2.24, 2.45) is 5.10 Å². The lowest BCUT2D eigenvalue weighted by atomic mass is 9.97. The van der Waals surface area contributed by atoms with E-state index in [1.54, 1.807) is 37.4 Å². The molecule has 152 valence electrons. The fourth-order valence-electron chi connectivity index (χ4n) is 3.61. The maximum absolute atomic E-state index is 13.5. The number of benzene rings is 3. The van der Waals surface area contributed by atoms with Crippen LogP contribution in [0.15, 0.2) is 82.4 Å². The van der Waals surface area contributed by atoms with Gasteiger partial charge in [-0.25, -0.2) is 5.01 Å². The molecule has 1 atom stereocenters. The van der Waals surface area contributed by atoms with Crippen molar-refractivity contribution in [3.05, 3.63) is 94.0 Å². The Labute approximate surface area is 184 Å². The smallest absolute Gasteiger partial charge is 0.274 e. The SMILES string of the molecule is COc1cccc(C(=O)N2N=C(c3cccc(Br)c3)CC2c2ccccc2OC)c1. The van der Waals surface area contributed by atoms with Gasteiger partial charge in [0.25, 0.3) is 5.91 Å². The second kappa shape index (κ2) is 8.71. The van der Waals surface area contributed by atoms with Gasteiger partial charge < -0.3 is 9.47 Å². The minimum absolute atomic E-state index is 0.185. The molecule has 30 heavy (non-hydrogen) atoms. The first kappa shape index (κ1) is 20.2. The summed E-state index contributed by atoms with van der Waals surface area (Å²) in [5, 5.41) is 6.31. The Hall–Kier alpha value is -3.12. The Morgan fingerprint density at radius 2 is 1.80 bits per heavy atom. The Balaban J connectivity index is 1.77. The predicted molar refractivity (Wildman–Crippen MR) is 120 cm³/mol. The second-order valence-corrected chi connectivity index (χ2v) is 7.82. The molecule has 0 fully saturated rings. The van der Waals surface area contributed by atoms with E-state index in [0.717, 1.165) is 27.1 Å². The maximum atomic E-state index is 13.5. The molecule has 0 saturated heterocycles. The van der Waals surface area contributed by atoms with E-state index in [1.165, 1.54) is 0 Å². The summed E-state index contributed by atoms with van der Waals surface area (Å²) in [6.07, 6.45) is 0.590. The number of carbonyl (C=O) groups excluding carboxylic acids is 1. The lowest BCUT2D eigenvalue weighted by Crippen LogP contribution is -2.27. The molecule has 0 spiro atoms. The van der Waals surface area contributed by atoms with Crippen LogP contribution in [0, 0.1) is 0 Å². The van der Waals surface area contributed by atoms with E-state index in [0.29, 0.717) is 17.7 Å². The summed E-state index contributed by atoms with van der Waals surface area (Å²) >= 11 is 3.52. The Bertz CT molecular complexity index is 1110. The molecule has 6 heteroatoms. The fraction of sp³-hybridized carbons (Fsp3) is 0.167. The highest BCUT2D eigenvalue weighted by Crippen LogP contribution is 2.38. The molecular weight excluding hydrogens is 444 g/mol. The lowest BCUT2D eigenvalue weighted by molar-refractivity contribution is 0.0709. The molecule has 0 saturated carbocycles. The highest BCUT2D eigenvalue weighted by molar-refractivity contribution is 9.10. The number of halogens is 1. The monoisotopic (exact) mass is 464 g/mol. The molecule has 1 aliphatic rings. The fourth-order valence-corrected chi connectivity index (χ4v) is 4.01. The third-order valence-corrected chi connectivity index (χ3v) is 5.58. The van der Waals surface area contributed by atoms with Gasteiger partial charge in [0, 0.05) is 22.0 Å². The van der Waals surface area contributed by atoms with E-state index < -0.39 is 0 Å². The van der Waals surface area contributed by atoms with Crippen LogP contribution < -0.4 is 9.47 Å². The van der Waals surface area contributed by atoms with Gasteiger partial charge in [0.05, 0.1) is 26.0 Å². The van der Waals surface area contributed by atoms with Crippen molar-refractivity contribution in [2.75, 3.05) is 14.2 Å². The molecule has 1 amide bonds. The van der Waals surface area contributed by atoms with Gasteiger partial charge in [0.2, 0.25) is 0 Å². The van der Waals surface area contributed by atoms with Crippen LogP contribution in [-0.2, 0) is 0 Å². The Kier molecular flexibility index (Phi) is 5.86. The van der Waals surface area contributed by atoms with Gasteiger partial charge in [-0.1, -0.05) is 52.3 Å². The van der Waals surface area contributed by atoms with Gasteiger partial charge in [-0.05, 0) is 42.0 Å². The topological polar surface area (TPSA) is 51.1 Å². The minimum atomic E-state index is -0.270. The molecule has 0 aromatic heterocycles. The normalized spacial score (nSPS) is 15.6. The second-order valence-electron chi connectivity index (χ2n) is 6.90. The van der Waals surface area contributed by atoms with Crippen LogP contribution in [-0.4, -0.2) is 30.8 Å². The van der Waals surface area contributed by atoms with Crippen molar-refractivity contribution in [1.82, 2.24) is 5.01 Å². The number of ether oxygens (including phenoxy) is 2. The van der Waals surface area contributed by atoms with Crippen LogP contribution in [0.3, 0.4) is 0 Å². The van der Waals surface area contributed by atoms with Gasteiger partial charge in [-0.15, -0.1) is 0 Å². The average molecular weight is 465 g/mol. The minimum Gasteiger partial charge on any atom is -0.497 e. The molecule has 3 aromatic rings. The predicted octanol–water partition coefficient (Wildman–Crippen LogP) is 5.46. The van der Waals surface area contributed by atoms with Crippen molar-refractivity contribution >= 4 is 27.5 Å². The van der Waals surface area contributed by atoms with Crippen molar-refractivity contribution in [3.8, 4) is 11.5 Å². The summed E-state index contributed by atoms with van der Waals surface area (Å²) in [5.41, 5.74) is 3.27. The largest absolute Gasteiger partial charge is 0.497 e. The van der Waals surface area contributed by atoms with E-state index in [-0.39, 0.29) is 11.9 Å². The summed E-state index contributed by atoms with van der Waals surface area (Å²) in [4.78, 5) is 13.5. The van der Waals surface area contributed by atoms with Gasteiger partial charge in [-0.3, -0.25) is 4.79 Å². The van der Waals surface area contributed by atoms with Crippen LogP contribution in [0.25, 0.3) is 0 Å². The first-order valence-electron chi connectivity index (χ1n) is 9.54. The molecule has 0 aliphatic carbocycles. The van der Waals surface area contributed by atoms with Gasteiger partial charge in [-0.2, -0.15) is 5.10 Å². The molecule has 4 rings (SSSR count). The van der Waals surface area contributed by atoms with Crippen molar-refractivity contribution in [2.45, 2.75) is 12.5 Å². The van der Waals surface area contributed by atoms with Crippen LogP contribution in [0.5, 0.6) is 11.5 Å². The number of carbonyl (C=O) groups is 1. The molecular formula is C24H21BrN2O3. The summed E-state index contributed by atoms with van der Waals surface area (Å²) in [6, 6.07) is 22.6. The zero-order chi connectivity index (χ0) is 21.1. The highest BCUT2D eigenvalue weighted by Gasteiger charge is 2.35. The molecule has 3 aromatic carbocycles. The number of para-hydroxylation sites is 1. The van der Waals surface area contributed by atoms with Crippen LogP contribution >= 0.6 is 15.9 Å². The van der Waals surface area contributed by atoms with Crippen LogP contribution in [0.4, 0.5) is 0 Å². The number of methoxy groups -OCH3 is 2. The van der Waals surface area contributed by atoms with Gasteiger partial charge in [0.15, 0.2) is 0 Å². The number of amides is 1. The zero-order valence-electron chi connectivity index (χ0n) is 16.7. The third-order valence-electron chi connectivity index (χ3n) is 5.09. The average Bonchev–Trinajstić information content (AvgIpc) is 3.24. The van der Waals surface area contributed by atoms with Crippen LogP contribution in [0.2, 0.25) is 0 Å². The van der Waals surface area contributed by atoms with Crippen molar-refractivity contribution < 1.29 is 14.3 Å². The molecule has 1 heterocycles. The first-order chi connectivity index (χ1) is 14.6. The zero-order valence-corrected chi connectivity index (χ0v) is 18.3. The highest BCUT2D eigenvalue weighted by atomic mass is 79.9. The molecule has 0 N–H and O–H groups in total. The summed E-state index contributed by atoms with van der Waals surface area (Å²) in [5.74, 6) is 1.18. The summed E-state index contributed by atoms with van der Waals surface area (Å²) in [6.45, 7) is 0. The molecule has 1 aliphatic heterocycles. The first-order valence-corrected chi connectivity index (χ1v) is 10.3. The number of nitrogens with zero attached hydrogens (tertiary/aromatic N) is 2. The molecule has 1 unspecified atom stereocenters. The summed E-state index contributed by atoms with van der Waals surface area (Å²) in [7, 11) is 3.22. The molecule has 5 nitrogen and oxygen atoms in total. The quantitative estimate of drug-likeness (QED) is 0.503.